The highest BCUT2D eigenvalue weighted by atomic mass is 35.5. The molecule has 0 aliphatic rings. The molecule has 1 N–H and O–H groups in total. The number of nitrogens with zero attached hydrogens (tertiary/aromatic N) is 3. The summed E-state index contributed by atoms with van der Waals surface area (Å²) in [4.78, 5) is 4.48. The Hall–Kier alpha value is -1.78. The molecule has 2 aromatic heterocycles. The molecule has 6 heteroatoms. The van der Waals surface area contributed by atoms with Gasteiger partial charge >= 0.3 is 0 Å². The van der Waals surface area contributed by atoms with Crippen LogP contribution in [0.2, 0.25) is 10.0 Å². The summed E-state index contributed by atoms with van der Waals surface area (Å²) in [6.45, 7) is 2.71. The maximum Gasteiger partial charge on any atom is 0.175 e. The molecule has 0 aliphatic heterocycles. The first kappa shape index (κ1) is 13.2. The molecule has 0 bridgehead atoms. The standard InChI is InChI=1S/C14H12Cl2N4/c1-2-17-13-10(15)7-11(16)14(19-13)20-12-6-4-3-5-9(12)8-18-20/h3-8H,2H2,1H3,(H,17,19). The summed E-state index contributed by atoms with van der Waals surface area (Å²) in [7, 11) is 0. The van der Waals surface area contributed by atoms with E-state index in [1.165, 1.54) is 0 Å². The highest BCUT2D eigenvalue weighted by Gasteiger charge is 2.13. The number of fused-ring (bicyclic) bond motifs is 1. The molecule has 3 rings (SSSR count). The van der Waals surface area contributed by atoms with Crippen LogP contribution in [0.1, 0.15) is 6.92 Å². The molecule has 0 unspecified atom stereocenters. The van der Waals surface area contributed by atoms with E-state index in [-0.39, 0.29) is 0 Å². The fourth-order valence-electron chi connectivity index (χ4n) is 2.04. The zero-order valence-corrected chi connectivity index (χ0v) is 12.3. The van der Waals surface area contributed by atoms with Crippen molar-refractivity contribution in [2.75, 3.05) is 11.9 Å². The van der Waals surface area contributed by atoms with Crippen LogP contribution in [0.25, 0.3) is 16.7 Å². The number of pyridine rings is 1. The number of hydrogen-bond acceptors (Lipinski definition) is 3. The van der Waals surface area contributed by atoms with E-state index in [2.05, 4.69) is 15.4 Å². The van der Waals surface area contributed by atoms with Crippen molar-refractivity contribution in [3.63, 3.8) is 0 Å². The molecule has 4 nitrogen and oxygen atoms in total. The van der Waals surface area contributed by atoms with Gasteiger partial charge in [0.25, 0.3) is 0 Å². The SMILES string of the molecule is CCNc1nc(-n2ncc3ccccc32)c(Cl)cc1Cl. The van der Waals surface area contributed by atoms with Crippen molar-refractivity contribution in [1.29, 1.82) is 0 Å². The minimum Gasteiger partial charge on any atom is -0.369 e. The number of hydrogen-bond donors (Lipinski definition) is 1. The molecule has 0 spiro atoms. The van der Waals surface area contributed by atoms with E-state index >= 15 is 0 Å². The fraction of sp³-hybridized carbons (Fsp3) is 0.143. The number of rotatable bonds is 3. The fourth-order valence-corrected chi connectivity index (χ4v) is 2.54. The van der Waals surface area contributed by atoms with Gasteiger partial charge in [-0.1, -0.05) is 41.4 Å². The molecule has 0 saturated heterocycles. The van der Waals surface area contributed by atoms with Crippen LogP contribution in [0.5, 0.6) is 0 Å². The largest absolute Gasteiger partial charge is 0.369 e. The number of nitrogens with one attached hydrogen (secondary N) is 1. The Labute approximate surface area is 126 Å². The van der Waals surface area contributed by atoms with E-state index in [9.17, 15) is 0 Å². The number of para-hydroxylation sites is 1. The Bertz CT molecular complexity index is 767. The van der Waals surface area contributed by atoms with E-state index < -0.39 is 0 Å². The third kappa shape index (κ3) is 2.21. The second-order valence-electron chi connectivity index (χ2n) is 4.27. The average Bonchev–Trinajstić information content (AvgIpc) is 2.86. The van der Waals surface area contributed by atoms with Gasteiger partial charge in [-0.3, -0.25) is 0 Å². The molecule has 102 valence electrons. The van der Waals surface area contributed by atoms with Crippen LogP contribution in [0, 0.1) is 0 Å². The lowest BCUT2D eigenvalue weighted by molar-refractivity contribution is 0.874. The smallest absolute Gasteiger partial charge is 0.175 e. The van der Waals surface area contributed by atoms with Gasteiger partial charge in [-0.15, -0.1) is 0 Å². The number of halogens is 2. The Kier molecular flexibility index (Phi) is 3.51. The van der Waals surface area contributed by atoms with Gasteiger partial charge in [0, 0.05) is 11.9 Å². The Morgan fingerprint density at radius 2 is 2.00 bits per heavy atom. The maximum atomic E-state index is 6.26. The van der Waals surface area contributed by atoms with Crippen molar-refractivity contribution in [2.24, 2.45) is 0 Å². The van der Waals surface area contributed by atoms with Crippen LogP contribution in [-0.4, -0.2) is 21.3 Å². The van der Waals surface area contributed by atoms with Gasteiger partial charge in [-0.25, -0.2) is 9.67 Å². The monoisotopic (exact) mass is 306 g/mol. The summed E-state index contributed by atoms with van der Waals surface area (Å²) in [5.74, 6) is 1.17. The Morgan fingerprint density at radius 1 is 1.20 bits per heavy atom. The topological polar surface area (TPSA) is 42.7 Å². The van der Waals surface area contributed by atoms with Crippen molar-refractivity contribution in [3.05, 3.63) is 46.6 Å². The summed E-state index contributed by atoms with van der Waals surface area (Å²) >= 11 is 12.4. The van der Waals surface area contributed by atoms with E-state index in [0.717, 1.165) is 17.4 Å². The predicted octanol–water partition coefficient (Wildman–Crippen LogP) is 4.16. The van der Waals surface area contributed by atoms with E-state index in [4.69, 9.17) is 23.2 Å². The van der Waals surface area contributed by atoms with Crippen LogP contribution in [0.4, 0.5) is 5.82 Å². The van der Waals surface area contributed by atoms with Crippen molar-refractivity contribution < 1.29 is 0 Å². The van der Waals surface area contributed by atoms with Crippen LogP contribution in [0.15, 0.2) is 36.5 Å². The van der Waals surface area contributed by atoms with Crippen molar-refractivity contribution in [1.82, 2.24) is 14.8 Å². The first-order valence-corrected chi connectivity index (χ1v) is 6.99. The zero-order valence-electron chi connectivity index (χ0n) is 10.8. The van der Waals surface area contributed by atoms with Gasteiger partial charge in [-0.05, 0) is 19.1 Å². The summed E-state index contributed by atoms with van der Waals surface area (Å²) in [6.07, 6.45) is 1.79. The zero-order chi connectivity index (χ0) is 14.1. The van der Waals surface area contributed by atoms with Gasteiger partial charge in [-0.2, -0.15) is 5.10 Å². The van der Waals surface area contributed by atoms with Crippen LogP contribution < -0.4 is 5.32 Å². The lowest BCUT2D eigenvalue weighted by Crippen LogP contribution is -2.06. The highest BCUT2D eigenvalue weighted by Crippen LogP contribution is 2.29. The molecule has 3 aromatic rings. The molecule has 0 amide bonds. The van der Waals surface area contributed by atoms with Crippen molar-refractivity contribution in [2.45, 2.75) is 6.92 Å². The predicted molar refractivity (Wildman–Crippen MR) is 83.0 cm³/mol. The minimum atomic E-state index is 0.463. The quantitative estimate of drug-likeness (QED) is 0.790. The number of aromatic nitrogens is 3. The van der Waals surface area contributed by atoms with E-state index in [1.54, 1.807) is 16.9 Å². The second kappa shape index (κ2) is 5.31. The molecule has 0 saturated carbocycles. The molecule has 20 heavy (non-hydrogen) atoms. The van der Waals surface area contributed by atoms with Crippen LogP contribution >= 0.6 is 23.2 Å². The van der Waals surface area contributed by atoms with E-state index in [0.29, 0.717) is 21.7 Å². The third-order valence-electron chi connectivity index (χ3n) is 2.93. The Morgan fingerprint density at radius 3 is 2.80 bits per heavy atom. The number of anilines is 1. The van der Waals surface area contributed by atoms with Gasteiger partial charge in [0.05, 0.1) is 21.8 Å². The molecular weight excluding hydrogens is 295 g/mol. The molecule has 2 heterocycles. The van der Waals surface area contributed by atoms with Crippen LogP contribution in [-0.2, 0) is 0 Å². The molecular formula is C14H12Cl2N4. The number of benzene rings is 1. The maximum absolute atomic E-state index is 6.26. The normalized spacial score (nSPS) is 10.9. The lowest BCUT2D eigenvalue weighted by Gasteiger charge is -2.10. The van der Waals surface area contributed by atoms with Crippen molar-refractivity contribution >= 4 is 39.9 Å². The molecule has 0 aliphatic carbocycles. The first-order valence-electron chi connectivity index (χ1n) is 6.23. The summed E-state index contributed by atoms with van der Waals surface area (Å²) < 4.78 is 1.72. The minimum absolute atomic E-state index is 0.463. The average molecular weight is 307 g/mol. The molecule has 1 aromatic carbocycles. The van der Waals surface area contributed by atoms with Crippen molar-refractivity contribution in [3.8, 4) is 5.82 Å². The first-order chi connectivity index (χ1) is 9.70. The molecule has 0 fully saturated rings. The second-order valence-corrected chi connectivity index (χ2v) is 5.08. The van der Waals surface area contributed by atoms with E-state index in [1.807, 2.05) is 31.2 Å². The van der Waals surface area contributed by atoms with Gasteiger partial charge in [0.15, 0.2) is 5.82 Å². The summed E-state index contributed by atoms with van der Waals surface area (Å²) in [5, 5.41) is 9.46. The molecule has 0 atom stereocenters. The third-order valence-corrected chi connectivity index (χ3v) is 3.50. The van der Waals surface area contributed by atoms with Gasteiger partial charge < -0.3 is 5.32 Å². The van der Waals surface area contributed by atoms with Gasteiger partial charge in [0.2, 0.25) is 0 Å². The highest BCUT2D eigenvalue weighted by molar-refractivity contribution is 6.36. The lowest BCUT2D eigenvalue weighted by atomic mass is 10.2. The summed E-state index contributed by atoms with van der Waals surface area (Å²) in [6, 6.07) is 9.57. The Balaban J connectivity index is 2.21. The summed E-state index contributed by atoms with van der Waals surface area (Å²) in [5.41, 5.74) is 0.951. The van der Waals surface area contributed by atoms with Crippen LogP contribution in [0.3, 0.4) is 0 Å². The van der Waals surface area contributed by atoms with Gasteiger partial charge in [0.1, 0.15) is 5.82 Å². The molecule has 0 radical (unpaired) electrons.